The van der Waals surface area contributed by atoms with Gasteiger partial charge in [0.25, 0.3) is 0 Å². The molecule has 3 heterocycles. The molecule has 0 unspecified atom stereocenters. The summed E-state index contributed by atoms with van der Waals surface area (Å²) in [4.78, 5) is 5.24. The molecule has 0 bridgehead atoms. The molecule has 3 rings (SSSR count). The van der Waals surface area contributed by atoms with Crippen molar-refractivity contribution in [2.75, 3.05) is 6.61 Å². The molecule has 0 saturated heterocycles. The molecule has 0 N–H and O–H groups in total. The molecule has 0 aliphatic heterocycles. The third kappa shape index (κ3) is 6.75. The standard InChI is InChI=1S/C24H32OS3/c1-2-3-4-5-6-7-8-9-10-11-16-25-20-19-23(21-14-12-17-26-21)28-24(20)22-15-13-18-27-22/h12-15,17-19H,2-11,16H2,1H3. The zero-order valence-electron chi connectivity index (χ0n) is 17.0. The van der Waals surface area contributed by atoms with Crippen molar-refractivity contribution in [2.45, 2.75) is 71.1 Å². The van der Waals surface area contributed by atoms with Crippen molar-refractivity contribution in [3.63, 3.8) is 0 Å². The fourth-order valence-corrected chi connectivity index (χ4v) is 6.16. The Morgan fingerprint density at radius 3 is 1.93 bits per heavy atom. The van der Waals surface area contributed by atoms with E-state index in [1.165, 1.54) is 77.3 Å². The van der Waals surface area contributed by atoms with Crippen LogP contribution in [0, 0.1) is 0 Å². The van der Waals surface area contributed by atoms with Gasteiger partial charge in [-0.05, 0) is 29.3 Å². The first-order valence-electron chi connectivity index (χ1n) is 10.7. The first-order valence-corrected chi connectivity index (χ1v) is 13.3. The monoisotopic (exact) mass is 432 g/mol. The molecule has 1 nitrogen and oxygen atoms in total. The second kappa shape index (κ2) is 12.5. The lowest BCUT2D eigenvalue weighted by Crippen LogP contribution is -1.97. The zero-order chi connectivity index (χ0) is 19.4. The minimum absolute atomic E-state index is 0.829. The second-order valence-corrected chi connectivity index (χ2v) is 10.2. The predicted molar refractivity (Wildman–Crippen MR) is 128 cm³/mol. The van der Waals surface area contributed by atoms with Gasteiger partial charge in [-0.25, -0.2) is 0 Å². The lowest BCUT2D eigenvalue weighted by atomic mass is 10.1. The van der Waals surface area contributed by atoms with Gasteiger partial charge < -0.3 is 4.74 Å². The molecule has 0 radical (unpaired) electrons. The van der Waals surface area contributed by atoms with Crippen molar-refractivity contribution in [3.05, 3.63) is 41.1 Å². The van der Waals surface area contributed by atoms with E-state index in [9.17, 15) is 0 Å². The maximum absolute atomic E-state index is 6.23. The van der Waals surface area contributed by atoms with Gasteiger partial charge in [0, 0.05) is 20.7 Å². The topological polar surface area (TPSA) is 9.23 Å². The summed E-state index contributed by atoms with van der Waals surface area (Å²) in [5.41, 5.74) is 0. The lowest BCUT2D eigenvalue weighted by Gasteiger charge is -2.06. The Balaban J connectivity index is 1.40. The third-order valence-corrected chi connectivity index (χ3v) is 8.19. The molecular weight excluding hydrogens is 400 g/mol. The van der Waals surface area contributed by atoms with E-state index in [1.54, 1.807) is 22.7 Å². The van der Waals surface area contributed by atoms with Crippen molar-refractivity contribution in [1.29, 1.82) is 0 Å². The second-order valence-electron chi connectivity index (χ2n) is 7.29. The Labute approximate surface area is 182 Å². The quantitative estimate of drug-likeness (QED) is 0.230. The van der Waals surface area contributed by atoms with Gasteiger partial charge in [-0.15, -0.1) is 34.0 Å². The van der Waals surface area contributed by atoms with E-state index in [2.05, 4.69) is 48.0 Å². The van der Waals surface area contributed by atoms with Crippen LogP contribution >= 0.6 is 34.0 Å². The maximum atomic E-state index is 6.23. The molecule has 28 heavy (non-hydrogen) atoms. The molecule has 0 atom stereocenters. The van der Waals surface area contributed by atoms with Gasteiger partial charge in [0.1, 0.15) is 5.75 Å². The number of hydrogen-bond acceptors (Lipinski definition) is 4. The summed E-state index contributed by atoms with van der Waals surface area (Å²) in [7, 11) is 0. The smallest absolute Gasteiger partial charge is 0.139 e. The van der Waals surface area contributed by atoms with Gasteiger partial charge in [0.15, 0.2) is 0 Å². The summed E-state index contributed by atoms with van der Waals surface area (Å²) in [5.74, 6) is 1.06. The first kappa shape index (κ1) is 21.6. The van der Waals surface area contributed by atoms with E-state index in [1.807, 2.05) is 11.3 Å². The predicted octanol–water partition coefficient (Wildman–Crippen LogP) is 9.50. The van der Waals surface area contributed by atoms with Gasteiger partial charge in [-0.1, -0.05) is 76.8 Å². The SMILES string of the molecule is CCCCCCCCCCCCOc1cc(-c2cccs2)sc1-c1cccs1. The number of unbranched alkanes of at least 4 members (excludes halogenated alkanes) is 9. The lowest BCUT2D eigenvalue weighted by molar-refractivity contribution is 0.306. The van der Waals surface area contributed by atoms with E-state index in [0.29, 0.717) is 0 Å². The number of rotatable bonds is 14. The molecule has 0 amide bonds. The largest absolute Gasteiger partial charge is 0.492 e. The van der Waals surface area contributed by atoms with Gasteiger partial charge in [-0.2, -0.15) is 0 Å². The van der Waals surface area contributed by atoms with Crippen LogP contribution in [0.25, 0.3) is 19.5 Å². The van der Waals surface area contributed by atoms with Crippen molar-refractivity contribution < 1.29 is 4.74 Å². The minimum Gasteiger partial charge on any atom is -0.492 e. The van der Waals surface area contributed by atoms with Crippen LogP contribution in [-0.2, 0) is 0 Å². The summed E-state index contributed by atoms with van der Waals surface area (Å²) in [5, 5.41) is 4.29. The average Bonchev–Trinajstić information content (AvgIpc) is 3.47. The molecule has 0 saturated carbocycles. The van der Waals surface area contributed by atoms with Gasteiger partial charge in [0.2, 0.25) is 0 Å². The first-order chi connectivity index (χ1) is 13.9. The van der Waals surface area contributed by atoms with Gasteiger partial charge >= 0.3 is 0 Å². The van der Waals surface area contributed by atoms with Crippen LogP contribution in [0.5, 0.6) is 5.75 Å². The molecule has 0 aromatic carbocycles. The Morgan fingerprint density at radius 1 is 0.714 bits per heavy atom. The fourth-order valence-electron chi connectivity index (χ4n) is 3.37. The normalized spacial score (nSPS) is 11.2. The highest BCUT2D eigenvalue weighted by molar-refractivity contribution is 7.26. The molecule has 3 aromatic rings. The molecule has 0 spiro atoms. The highest BCUT2D eigenvalue weighted by Gasteiger charge is 2.15. The van der Waals surface area contributed by atoms with Gasteiger partial charge in [-0.3, -0.25) is 0 Å². The van der Waals surface area contributed by atoms with Crippen molar-refractivity contribution in [2.24, 2.45) is 0 Å². The van der Waals surface area contributed by atoms with E-state index < -0.39 is 0 Å². The van der Waals surface area contributed by atoms with Crippen LogP contribution < -0.4 is 4.74 Å². The summed E-state index contributed by atoms with van der Waals surface area (Å²) in [6.07, 6.45) is 13.6. The Bertz CT molecular complexity index is 756. The van der Waals surface area contributed by atoms with Gasteiger partial charge in [0.05, 0.1) is 11.5 Å². The molecular formula is C24H32OS3. The molecule has 3 aromatic heterocycles. The Hall–Kier alpha value is -1.10. The molecule has 152 valence electrons. The van der Waals surface area contributed by atoms with Crippen LogP contribution in [-0.4, -0.2) is 6.61 Å². The Kier molecular flexibility index (Phi) is 9.61. The maximum Gasteiger partial charge on any atom is 0.139 e. The zero-order valence-corrected chi connectivity index (χ0v) is 19.4. The summed E-state index contributed by atoms with van der Waals surface area (Å²) >= 11 is 5.45. The number of ether oxygens (including phenoxy) is 1. The van der Waals surface area contributed by atoms with Crippen LogP contribution in [0.4, 0.5) is 0 Å². The fraction of sp³-hybridized carbons (Fsp3) is 0.500. The van der Waals surface area contributed by atoms with Crippen LogP contribution in [0.15, 0.2) is 41.1 Å². The molecule has 4 heteroatoms. The minimum atomic E-state index is 0.829. The summed E-state index contributed by atoms with van der Waals surface area (Å²) in [6, 6.07) is 10.9. The molecule has 0 aliphatic carbocycles. The van der Waals surface area contributed by atoms with Crippen LogP contribution in [0.1, 0.15) is 71.1 Å². The van der Waals surface area contributed by atoms with E-state index in [4.69, 9.17) is 4.74 Å². The van der Waals surface area contributed by atoms with Crippen LogP contribution in [0.2, 0.25) is 0 Å². The van der Waals surface area contributed by atoms with E-state index >= 15 is 0 Å². The van der Waals surface area contributed by atoms with Crippen molar-refractivity contribution in [3.8, 4) is 25.3 Å². The Morgan fingerprint density at radius 2 is 1.32 bits per heavy atom. The van der Waals surface area contributed by atoms with Crippen molar-refractivity contribution in [1.82, 2.24) is 0 Å². The number of thiophene rings is 3. The summed E-state index contributed by atoms with van der Waals surface area (Å²) in [6.45, 7) is 3.11. The summed E-state index contributed by atoms with van der Waals surface area (Å²) < 4.78 is 6.23. The van der Waals surface area contributed by atoms with Crippen LogP contribution in [0.3, 0.4) is 0 Å². The highest BCUT2D eigenvalue weighted by atomic mass is 32.1. The van der Waals surface area contributed by atoms with Crippen molar-refractivity contribution >= 4 is 34.0 Å². The third-order valence-electron chi connectivity index (χ3n) is 4.96. The molecule has 0 fully saturated rings. The average molecular weight is 433 g/mol. The van der Waals surface area contributed by atoms with E-state index in [-0.39, 0.29) is 0 Å². The number of hydrogen-bond donors (Lipinski definition) is 0. The highest BCUT2D eigenvalue weighted by Crippen LogP contribution is 2.45. The molecule has 0 aliphatic rings. The van der Waals surface area contributed by atoms with E-state index in [0.717, 1.165) is 18.8 Å².